The molecule has 3 atom stereocenters. The third-order valence-corrected chi connectivity index (χ3v) is 6.39. The summed E-state index contributed by atoms with van der Waals surface area (Å²) in [5, 5.41) is 12.5. The normalized spacial score (nSPS) is 18.4. The summed E-state index contributed by atoms with van der Waals surface area (Å²) in [4.78, 5) is 39.7. The van der Waals surface area contributed by atoms with Crippen molar-refractivity contribution in [3.05, 3.63) is 0 Å². The van der Waals surface area contributed by atoms with Gasteiger partial charge in [-0.3, -0.25) is 14.4 Å². The van der Waals surface area contributed by atoms with E-state index in [9.17, 15) is 14.4 Å². The first-order valence-electron chi connectivity index (χ1n) is 15.0. The van der Waals surface area contributed by atoms with Crippen LogP contribution in [0.25, 0.3) is 0 Å². The van der Waals surface area contributed by atoms with Gasteiger partial charge < -0.3 is 35.6 Å². The second-order valence-corrected chi connectivity index (χ2v) is 11.7. The van der Waals surface area contributed by atoms with Crippen LogP contribution in [0.3, 0.4) is 0 Å². The number of carbonyl (C=O) groups is 3. The zero-order valence-corrected chi connectivity index (χ0v) is 25.8. The lowest BCUT2D eigenvalue weighted by atomic mass is 10.1. The molecule has 1 saturated heterocycles. The molecule has 1 aliphatic rings. The Hall–Kier alpha value is -1.75. The molecule has 4 N–H and O–H groups in total. The third-order valence-electron chi connectivity index (χ3n) is 6.39. The molecule has 0 saturated carbocycles. The van der Waals surface area contributed by atoms with Crippen molar-refractivity contribution in [2.75, 3.05) is 32.8 Å². The number of hydrogen-bond acceptors (Lipinski definition) is 7. The van der Waals surface area contributed by atoms with E-state index in [1.54, 1.807) is 0 Å². The standard InChI is InChI=1S/C29H57N5O5/c1-20(2)30-16-13-26(33-21(3)4)29(37)32-15-9-11-27(35)31-14-10-12-28(36)34-18-25(39-23(7)8)17-24(34)19-38-22(5)6/h20-26,30,33H,9-19H2,1-8H3,(H,31,35)(H,32,37)/t24-,25+,26+/m0/s1. The van der Waals surface area contributed by atoms with Gasteiger partial charge in [0.05, 0.1) is 37.0 Å². The summed E-state index contributed by atoms with van der Waals surface area (Å²) in [6, 6.07) is 0.344. The fraction of sp³-hybridized carbons (Fsp3) is 0.897. The van der Waals surface area contributed by atoms with Gasteiger partial charge in [-0.05, 0) is 59.9 Å². The molecule has 1 heterocycles. The predicted molar refractivity (Wildman–Crippen MR) is 156 cm³/mol. The number of hydrogen-bond donors (Lipinski definition) is 4. The Bertz CT molecular complexity index is 716. The molecule has 0 bridgehead atoms. The molecule has 39 heavy (non-hydrogen) atoms. The summed E-state index contributed by atoms with van der Waals surface area (Å²) in [6.45, 7) is 19.0. The van der Waals surface area contributed by atoms with Gasteiger partial charge in [-0.25, -0.2) is 0 Å². The van der Waals surface area contributed by atoms with Crippen molar-refractivity contribution >= 4 is 17.7 Å². The Labute approximate surface area is 237 Å². The average molecular weight is 556 g/mol. The highest BCUT2D eigenvalue weighted by Gasteiger charge is 2.36. The number of rotatable bonds is 20. The minimum absolute atomic E-state index is 0.0234. The van der Waals surface area contributed by atoms with Gasteiger partial charge in [0.1, 0.15) is 0 Å². The van der Waals surface area contributed by atoms with Crippen LogP contribution in [0.5, 0.6) is 0 Å². The summed E-state index contributed by atoms with van der Waals surface area (Å²) in [5.74, 6) is -0.0231. The zero-order valence-electron chi connectivity index (χ0n) is 25.8. The smallest absolute Gasteiger partial charge is 0.237 e. The minimum atomic E-state index is -0.262. The average Bonchev–Trinajstić information content (AvgIpc) is 3.23. The Balaban J connectivity index is 2.31. The molecule has 1 rings (SSSR count). The van der Waals surface area contributed by atoms with Crippen LogP contribution >= 0.6 is 0 Å². The fourth-order valence-corrected chi connectivity index (χ4v) is 4.62. The van der Waals surface area contributed by atoms with Crippen LogP contribution in [0.4, 0.5) is 0 Å². The van der Waals surface area contributed by atoms with E-state index in [0.717, 1.165) is 13.0 Å². The Morgan fingerprint density at radius 3 is 2.13 bits per heavy atom. The molecule has 1 fully saturated rings. The van der Waals surface area contributed by atoms with E-state index in [1.807, 2.05) is 46.4 Å². The molecule has 0 unspecified atom stereocenters. The van der Waals surface area contributed by atoms with Crippen LogP contribution in [0.2, 0.25) is 0 Å². The van der Waals surface area contributed by atoms with Crippen molar-refractivity contribution in [2.45, 2.75) is 136 Å². The summed E-state index contributed by atoms with van der Waals surface area (Å²) in [7, 11) is 0. The molecule has 10 nitrogen and oxygen atoms in total. The molecule has 228 valence electrons. The van der Waals surface area contributed by atoms with Crippen molar-refractivity contribution in [2.24, 2.45) is 0 Å². The first-order valence-corrected chi connectivity index (χ1v) is 15.0. The van der Waals surface area contributed by atoms with Crippen molar-refractivity contribution in [1.29, 1.82) is 0 Å². The predicted octanol–water partition coefficient (Wildman–Crippen LogP) is 2.35. The maximum Gasteiger partial charge on any atom is 0.237 e. The molecule has 0 radical (unpaired) electrons. The monoisotopic (exact) mass is 555 g/mol. The first-order chi connectivity index (χ1) is 18.4. The van der Waals surface area contributed by atoms with Gasteiger partial charge in [0.2, 0.25) is 17.7 Å². The SMILES string of the molecule is CC(C)NCC[C@@H](NC(C)C)C(=O)NCCCC(=O)NCCCC(=O)N1C[C@H](OC(C)C)C[C@H]1COC(C)C. The van der Waals surface area contributed by atoms with Crippen LogP contribution in [0.15, 0.2) is 0 Å². The summed E-state index contributed by atoms with van der Waals surface area (Å²) in [5.41, 5.74) is 0. The van der Waals surface area contributed by atoms with Gasteiger partial charge in [0.25, 0.3) is 0 Å². The van der Waals surface area contributed by atoms with E-state index in [2.05, 4.69) is 35.1 Å². The molecule has 10 heteroatoms. The molecule has 0 aromatic heterocycles. The van der Waals surface area contributed by atoms with Crippen molar-refractivity contribution in [1.82, 2.24) is 26.2 Å². The molecule has 1 aliphatic heterocycles. The zero-order chi connectivity index (χ0) is 29.4. The first kappa shape index (κ1) is 35.3. The van der Waals surface area contributed by atoms with Crippen LogP contribution in [0, 0.1) is 0 Å². The topological polar surface area (TPSA) is 121 Å². The molecule has 0 aromatic rings. The van der Waals surface area contributed by atoms with Crippen LogP contribution in [-0.2, 0) is 23.9 Å². The molecule has 0 aliphatic carbocycles. The lowest BCUT2D eigenvalue weighted by molar-refractivity contribution is -0.134. The highest BCUT2D eigenvalue weighted by Crippen LogP contribution is 2.23. The second-order valence-electron chi connectivity index (χ2n) is 11.7. The number of nitrogens with one attached hydrogen (secondary N) is 4. The highest BCUT2D eigenvalue weighted by atomic mass is 16.5. The van der Waals surface area contributed by atoms with E-state index in [1.165, 1.54) is 0 Å². The van der Waals surface area contributed by atoms with E-state index in [0.29, 0.717) is 64.4 Å². The minimum Gasteiger partial charge on any atom is -0.377 e. The maximum atomic E-state index is 12.9. The quantitative estimate of drug-likeness (QED) is 0.170. The molecule has 0 spiro atoms. The fourth-order valence-electron chi connectivity index (χ4n) is 4.62. The van der Waals surface area contributed by atoms with Crippen molar-refractivity contribution < 1.29 is 23.9 Å². The molecular formula is C29H57N5O5. The van der Waals surface area contributed by atoms with Gasteiger partial charge in [0.15, 0.2) is 0 Å². The second kappa shape index (κ2) is 19.3. The number of nitrogens with zero attached hydrogens (tertiary/aromatic N) is 1. The van der Waals surface area contributed by atoms with E-state index in [4.69, 9.17) is 9.47 Å². The van der Waals surface area contributed by atoms with Gasteiger partial charge in [0, 0.05) is 44.6 Å². The number of likely N-dealkylation sites (tertiary alicyclic amines) is 1. The molecule has 0 aromatic carbocycles. The Morgan fingerprint density at radius 2 is 1.51 bits per heavy atom. The number of ether oxygens (including phenoxy) is 2. The van der Waals surface area contributed by atoms with Gasteiger partial charge in [-0.2, -0.15) is 0 Å². The van der Waals surface area contributed by atoms with E-state index < -0.39 is 0 Å². The third kappa shape index (κ3) is 16.2. The number of carbonyl (C=O) groups excluding carboxylic acids is 3. The summed E-state index contributed by atoms with van der Waals surface area (Å²) in [6.07, 6.45) is 3.60. The Kier molecular flexibility index (Phi) is 17.5. The van der Waals surface area contributed by atoms with Crippen molar-refractivity contribution in [3.8, 4) is 0 Å². The van der Waals surface area contributed by atoms with Gasteiger partial charge >= 0.3 is 0 Å². The van der Waals surface area contributed by atoms with Gasteiger partial charge in [-0.1, -0.05) is 27.7 Å². The van der Waals surface area contributed by atoms with Crippen LogP contribution < -0.4 is 21.3 Å². The highest BCUT2D eigenvalue weighted by molar-refractivity contribution is 5.82. The lowest BCUT2D eigenvalue weighted by Gasteiger charge is -2.25. The Morgan fingerprint density at radius 1 is 0.846 bits per heavy atom. The van der Waals surface area contributed by atoms with Crippen molar-refractivity contribution in [3.63, 3.8) is 0 Å². The lowest BCUT2D eigenvalue weighted by Crippen LogP contribution is -2.48. The summed E-state index contributed by atoms with van der Waals surface area (Å²) < 4.78 is 11.8. The summed E-state index contributed by atoms with van der Waals surface area (Å²) >= 11 is 0. The van der Waals surface area contributed by atoms with Crippen LogP contribution in [-0.4, -0.2) is 97.9 Å². The van der Waals surface area contributed by atoms with Gasteiger partial charge in [-0.15, -0.1) is 0 Å². The number of amides is 3. The van der Waals surface area contributed by atoms with E-state index in [-0.39, 0.29) is 54.2 Å². The maximum absolute atomic E-state index is 12.9. The molecule has 3 amide bonds. The van der Waals surface area contributed by atoms with Crippen LogP contribution in [0.1, 0.15) is 93.9 Å². The largest absolute Gasteiger partial charge is 0.377 e. The van der Waals surface area contributed by atoms with E-state index >= 15 is 0 Å². The molecular weight excluding hydrogens is 498 g/mol.